The Morgan fingerprint density at radius 1 is 0.351 bits per heavy atom. The zero-order valence-corrected chi connectivity index (χ0v) is 25.9. The molecule has 2 fully saturated rings. The maximum absolute atomic E-state index is 6.06. The molecular formula is C36H70O. The number of ether oxygens (including phenoxy) is 1. The van der Waals surface area contributed by atoms with Gasteiger partial charge in [0.1, 0.15) is 0 Å². The van der Waals surface area contributed by atoms with Gasteiger partial charge in [0.15, 0.2) is 0 Å². The van der Waals surface area contributed by atoms with Crippen molar-refractivity contribution in [2.24, 2.45) is 23.7 Å². The topological polar surface area (TPSA) is 9.23 Å². The van der Waals surface area contributed by atoms with Crippen molar-refractivity contribution in [3.8, 4) is 0 Å². The Morgan fingerprint density at radius 3 is 0.946 bits per heavy atom. The first-order valence-electron chi connectivity index (χ1n) is 17.9. The summed E-state index contributed by atoms with van der Waals surface area (Å²) in [4.78, 5) is 0. The van der Waals surface area contributed by atoms with E-state index in [4.69, 9.17) is 4.74 Å². The molecule has 2 saturated carbocycles. The second-order valence-electron chi connectivity index (χ2n) is 13.5. The number of hydrogen-bond acceptors (Lipinski definition) is 1. The molecule has 2 rings (SSSR count). The molecule has 2 aliphatic carbocycles. The minimum atomic E-state index is 1.00. The summed E-state index contributed by atoms with van der Waals surface area (Å²) in [6.07, 6.45) is 41.0. The molecule has 2 aliphatic rings. The van der Waals surface area contributed by atoms with Crippen molar-refractivity contribution in [1.29, 1.82) is 0 Å². The summed E-state index contributed by atoms with van der Waals surface area (Å²) in [5, 5.41) is 0. The first-order chi connectivity index (χ1) is 18.3. The van der Waals surface area contributed by atoms with E-state index < -0.39 is 0 Å². The number of unbranched alkanes of at least 4 members (excludes halogenated alkanes) is 12. The average molecular weight is 519 g/mol. The quantitative estimate of drug-likeness (QED) is 0.115. The molecule has 0 heterocycles. The van der Waals surface area contributed by atoms with Crippen molar-refractivity contribution in [3.63, 3.8) is 0 Å². The van der Waals surface area contributed by atoms with Crippen molar-refractivity contribution < 1.29 is 4.74 Å². The summed E-state index contributed by atoms with van der Waals surface area (Å²) < 4.78 is 6.06. The first kappa shape index (κ1) is 33.2. The van der Waals surface area contributed by atoms with Crippen LogP contribution in [0, 0.1) is 23.7 Å². The Labute approximate surface area is 235 Å². The molecule has 0 spiro atoms. The van der Waals surface area contributed by atoms with Gasteiger partial charge >= 0.3 is 0 Å². The van der Waals surface area contributed by atoms with E-state index in [0.717, 1.165) is 36.9 Å². The van der Waals surface area contributed by atoms with Gasteiger partial charge in [-0.1, -0.05) is 168 Å². The predicted octanol–water partition coefficient (Wildman–Crippen LogP) is 12.5. The molecule has 220 valence electrons. The van der Waals surface area contributed by atoms with Crippen molar-refractivity contribution >= 4 is 0 Å². The number of rotatable bonds is 24. The average Bonchev–Trinajstić information content (AvgIpc) is 2.93. The summed E-state index contributed by atoms with van der Waals surface area (Å²) in [6.45, 7) is 6.66. The highest BCUT2D eigenvalue weighted by Gasteiger charge is 2.21. The summed E-state index contributed by atoms with van der Waals surface area (Å²) in [5.41, 5.74) is 0. The number of hydrogen-bond donors (Lipinski definition) is 0. The first-order valence-corrected chi connectivity index (χ1v) is 17.9. The highest BCUT2D eigenvalue weighted by Crippen LogP contribution is 2.35. The Morgan fingerprint density at radius 2 is 0.622 bits per heavy atom. The smallest absolute Gasteiger partial charge is 0.0466 e. The van der Waals surface area contributed by atoms with Gasteiger partial charge in [-0.05, 0) is 49.4 Å². The van der Waals surface area contributed by atoms with Gasteiger partial charge in [0, 0.05) is 13.2 Å². The molecule has 1 nitrogen and oxygen atoms in total. The van der Waals surface area contributed by atoms with Crippen LogP contribution in [0.1, 0.15) is 194 Å². The van der Waals surface area contributed by atoms with E-state index in [1.807, 2.05) is 0 Å². The molecular weight excluding hydrogens is 448 g/mol. The van der Waals surface area contributed by atoms with Crippen molar-refractivity contribution in [3.05, 3.63) is 0 Å². The van der Waals surface area contributed by atoms with Crippen LogP contribution in [-0.2, 0) is 4.74 Å². The van der Waals surface area contributed by atoms with Crippen LogP contribution in [0.4, 0.5) is 0 Å². The van der Waals surface area contributed by atoms with Gasteiger partial charge in [-0.15, -0.1) is 0 Å². The minimum Gasteiger partial charge on any atom is -0.381 e. The Balaban J connectivity index is 1.31. The second-order valence-corrected chi connectivity index (χ2v) is 13.5. The Hall–Kier alpha value is -0.0400. The lowest BCUT2D eigenvalue weighted by molar-refractivity contribution is 0.113. The van der Waals surface area contributed by atoms with E-state index in [2.05, 4.69) is 13.8 Å². The van der Waals surface area contributed by atoms with Crippen LogP contribution in [0.5, 0.6) is 0 Å². The fourth-order valence-electron chi connectivity index (χ4n) is 7.45. The fraction of sp³-hybridized carbons (Fsp3) is 1.00. The lowest BCUT2D eigenvalue weighted by Gasteiger charge is -2.29. The van der Waals surface area contributed by atoms with Gasteiger partial charge in [0.05, 0.1) is 0 Å². The lowest BCUT2D eigenvalue weighted by atomic mass is 9.78. The lowest BCUT2D eigenvalue weighted by Crippen LogP contribution is -2.16. The molecule has 0 aromatic heterocycles. The van der Waals surface area contributed by atoms with E-state index in [1.165, 1.54) is 180 Å². The Bertz CT molecular complexity index is 415. The van der Waals surface area contributed by atoms with Crippen LogP contribution in [-0.4, -0.2) is 13.2 Å². The van der Waals surface area contributed by atoms with E-state index in [9.17, 15) is 0 Å². The van der Waals surface area contributed by atoms with Crippen LogP contribution in [0.15, 0.2) is 0 Å². The van der Waals surface area contributed by atoms with E-state index in [1.54, 1.807) is 0 Å². The molecule has 0 bridgehead atoms. The normalized spacial score (nSPS) is 24.5. The molecule has 0 N–H and O–H groups in total. The molecule has 0 unspecified atom stereocenters. The SMILES string of the molecule is CCCCCCCCCC1CCC(CCCOCCCC2CCC(CCCCCCCCC)CC2)CC1. The highest BCUT2D eigenvalue weighted by molar-refractivity contribution is 4.74. The molecule has 1 heteroatoms. The summed E-state index contributed by atoms with van der Waals surface area (Å²) in [6, 6.07) is 0. The molecule has 37 heavy (non-hydrogen) atoms. The molecule has 0 aromatic rings. The van der Waals surface area contributed by atoms with Gasteiger partial charge in [0.2, 0.25) is 0 Å². The van der Waals surface area contributed by atoms with Crippen LogP contribution in [0.2, 0.25) is 0 Å². The summed E-state index contributed by atoms with van der Waals surface area (Å²) in [5.74, 6) is 4.12. The summed E-state index contributed by atoms with van der Waals surface area (Å²) in [7, 11) is 0. The van der Waals surface area contributed by atoms with Crippen molar-refractivity contribution in [1.82, 2.24) is 0 Å². The largest absolute Gasteiger partial charge is 0.381 e. The monoisotopic (exact) mass is 519 g/mol. The van der Waals surface area contributed by atoms with E-state index in [-0.39, 0.29) is 0 Å². The van der Waals surface area contributed by atoms with E-state index >= 15 is 0 Å². The van der Waals surface area contributed by atoms with Gasteiger partial charge in [-0.3, -0.25) is 0 Å². The Kier molecular flexibility index (Phi) is 21.3. The van der Waals surface area contributed by atoms with E-state index in [0.29, 0.717) is 0 Å². The van der Waals surface area contributed by atoms with Crippen LogP contribution in [0.25, 0.3) is 0 Å². The van der Waals surface area contributed by atoms with Gasteiger partial charge < -0.3 is 4.74 Å². The maximum atomic E-state index is 6.06. The molecule has 0 aliphatic heterocycles. The van der Waals surface area contributed by atoms with Crippen molar-refractivity contribution in [2.75, 3.05) is 13.2 Å². The standard InChI is InChI=1S/C36H70O/c1-3-5-7-9-11-13-15-19-33-23-27-35(28-24-33)21-17-31-37-32-18-22-36-29-25-34(26-30-36)20-16-14-12-10-8-6-4-2/h33-36H,3-32H2,1-2H3. The third-order valence-electron chi connectivity index (χ3n) is 10.2. The van der Waals surface area contributed by atoms with Gasteiger partial charge in [-0.2, -0.15) is 0 Å². The molecule has 0 aromatic carbocycles. The van der Waals surface area contributed by atoms with Crippen molar-refractivity contribution in [2.45, 2.75) is 194 Å². The predicted molar refractivity (Wildman–Crippen MR) is 165 cm³/mol. The molecule has 0 radical (unpaired) electrons. The zero-order valence-electron chi connectivity index (χ0n) is 25.9. The van der Waals surface area contributed by atoms with Gasteiger partial charge in [0.25, 0.3) is 0 Å². The fourth-order valence-corrected chi connectivity index (χ4v) is 7.45. The third-order valence-corrected chi connectivity index (χ3v) is 10.2. The van der Waals surface area contributed by atoms with Gasteiger partial charge in [-0.25, -0.2) is 0 Å². The molecule has 0 atom stereocenters. The zero-order chi connectivity index (χ0) is 26.2. The summed E-state index contributed by atoms with van der Waals surface area (Å²) >= 11 is 0. The van der Waals surface area contributed by atoms with Crippen LogP contribution in [0.3, 0.4) is 0 Å². The van der Waals surface area contributed by atoms with Crippen LogP contribution >= 0.6 is 0 Å². The highest BCUT2D eigenvalue weighted by atomic mass is 16.5. The van der Waals surface area contributed by atoms with Crippen LogP contribution < -0.4 is 0 Å². The molecule has 0 amide bonds. The minimum absolute atomic E-state index is 1.00. The maximum Gasteiger partial charge on any atom is 0.0466 e. The third kappa shape index (κ3) is 18.0. The second kappa shape index (κ2) is 23.8. The molecule has 0 saturated heterocycles.